The van der Waals surface area contributed by atoms with Crippen molar-refractivity contribution in [2.45, 2.75) is 19.4 Å². The van der Waals surface area contributed by atoms with Gasteiger partial charge < -0.3 is 15.8 Å². The van der Waals surface area contributed by atoms with E-state index in [1.165, 1.54) is 12.8 Å². The van der Waals surface area contributed by atoms with Gasteiger partial charge in [0.1, 0.15) is 0 Å². The third-order valence-electron chi connectivity index (χ3n) is 2.84. The zero-order chi connectivity index (χ0) is 11.2. The zero-order valence-corrected chi connectivity index (χ0v) is 9.61. The Morgan fingerprint density at radius 2 is 2.12 bits per heavy atom. The van der Waals surface area contributed by atoms with Crippen molar-refractivity contribution in [2.24, 2.45) is 5.92 Å². The second-order valence-corrected chi connectivity index (χ2v) is 4.39. The Morgan fingerprint density at radius 3 is 2.88 bits per heavy atom. The van der Waals surface area contributed by atoms with E-state index < -0.39 is 0 Å². The largest absolute Gasteiger partial charge is 0.398 e. The molecule has 1 saturated carbocycles. The van der Waals surface area contributed by atoms with Gasteiger partial charge in [-0.2, -0.15) is 0 Å². The number of para-hydroxylation sites is 1. The van der Waals surface area contributed by atoms with Crippen LogP contribution in [0.1, 0.15) is 18.4 Å². The van der Waals surface area contributed by atoms with Crippen LogP contribution >= 0.6 is 0 Å². The van der Waals surface area contributed by atoms with Gasteiger partial charge in [0, 0.05) is 25.4 Å². The van der Waals surface area contributed by atoms with Crippen LogP contribution in [0.2, 0.25) is 0 Å². The number of hydrogen-bond donors (Lipinski definition) is 2. The van der Waals surface area contributed by atoms with E-state index in [9.17, 15) is 0 Å². The lowest BCUT2D eigenvalue weighted by molar-refractivity contribution is 0.126. The Balaban J connectivity index is 1.55. The highest BCUT2D eigenvalue weighted by molar-refractivity contribution is 5.46. The highest BCUT2D eigenvalue weighted by atomic mass is 16.5. The summed E-state index contributed by atoms with van der Waals surface area (Å²) < 4.78 is 5.53. The Labute approximate surface area is 97.0 Å². The molecule has 3 heteroatoms. The Kier molecular flexibility index (Phi) is 4.19. The second-order valence-electron chi connectivity index (χ2n) is 4.39. The van der Waals surface area contributed by atoms with Crippen molar-refractivity contribution in [3.05, 3.63) is 29.8 Å². The molecule has 1 fully saturated rings. The van der Waals surface area contributed by atoms with Gasteiger partial charge in [0.15, 0.2) is 0 Å². The summed E-state index contributed by atoms with van der Waals surface area (Å²) in [5.41, 5.74) is 7.85. The first-order chi connectivity index (χ1) is 7.86. The van der Waals surface area contributed by atoms with Crippen molar-refractivity contribution in [1.29, 1.82) is 0 Å². The van der Waals surface area contributed by atoms with Crippen molar-refractivity contribution >= 4 is 5.69 Å². The fourth-order valence-electron chi connectivity index (χ4n) is 1.60. The van der Waals surface area contributed by atoms with E-state index in [4.69, 9.17) is 10.5 Å². The van der Waals surface area contributed by atoms with Crippen molar-refractivity contribution in [1.82, 2.24) is 5.32 Å². The van der Waals surface area contributed by atoms with Gasteiger partial charge in [-0.1, -0.05) is 18.2 Å². The lowest BCUT2D eigenvalue weighted by Crippen LogP contribution is -2.20. The molecule has 0 aromatic heterocycles. The highest BCUT2D eigenvalue weighted by Crippen LogP contribution is 2.28. The zero-order valence-electron chi connectivity index (χ0n) is 9.61. The van der Waals surface area contributed by atoms with Crippen molar-refractivity contribution < 1.29 is 4.74 Å². The van der Waals surface area contributed by atoms with Gasteiger partial charge in [-0.25, -0.2) is 0 Å². The van der Waals surface area contributed by atoms with Gasteiger partial charge in [-0.15, -0.1) is 0 Å². The monoisotopic (exact) mass is 220 g/mol. The van der Waals surface area contributed by atoms with Crippen LogP contribution in [0, 0.1) is 5.92 Å². The van der Waals surface area contributed by atoms with Crippen LogP contribution in [0.4, 0.5) is 5.69 Å². The molecule has 3 N–H and O–H groups in total. The van der Waals surface area contributed by atoms with Gasteiger partial charge in [0.2, 0.25) is 0 Å². The van der Waals surface area contributed by atoms with E-state index in [0.29, 0.717) is 0 Å². The van der Waals surface area contributed by atoms with Crippen LogP contribution in [-0.2, 0) is 11.3 Å². The Morgan fingerprint density at radius 1 is 1.31 bits per heavy atom. The molecule has 0 radical (unpaired) electrons. The number of ether oxygens (including phenoxy) is 1. The summed E-state index contributed by atoms with van der Waals surface area (Å²) in [7, 11) is 0. The van der Waals surface area contributed by atoms with E-state index in [1.807, 2.05) is 24.3 Å². The molecule has 88 valence electrons. The molecule has 1 aliphatic rings. The average molecular weight is 220 g/mol. The second kappa shape index (κ2) is 5.87. The molecule has 1 aliphatic carbocycles. The smallest absolute Gasteiger partial charge is 0.0591 e. The Hall–Kier alpha value is -1.06. The summed E-state index contributed by atoms with van der Waals surface area (Å²) in [6.07, 6.45) is 2.71. The number of nitrogens with two attached hydrogens (primary N) is 1. The van der Waals surface area contributed by atoms with E-state index >= 15 is 0 Å². The summed E-state index contributed by atoms with van der Waals surface area (Å²) in [5, 5.41) is 3.33. The molecule has 1 aromatic carbocycles. The van der Waals surface area contributed by atoms with Crippen molar-refractivity contribution in [2.75, 3.05) is 25.5 Å². The van der Waals surface area contributed by atoms with Crippen LogP contribution in [0.15, 0.2) is 24.3 Å². The molecule has 0 amide bonds. The minimum atomic E-state index is 0.795. The van der Waals surface area contributed by atoms with Crippen LogP contribution in [0.5, 0.6) is 0 Å². The maximum absolute atomic E-state index is 5.84. The molecule has 0 heterocycles. The molecule has 0 spiro atoms. The summed E-state index contributed by atoms with van der Waals surface area (Å²) >= 11 is 0. The van der Waals surface area contributed by atoms with Gasteiger partial charge >= 0.3 is 0 Å². The van der Waals surface area contributed by atoms with Crippen LogP contribution in [-0.4, -0.2) is 19.8 Å². The van der Waals surface area contributed by atoms with Crippen molar-refractivity contribution in [3.63, 3.8) is 0 Å². The lowest BCUT2D eigenvalue weighted by atomic mass is 10.2. The van der Waals surface area contributed by atoms with Crippen molar-refractivity contribution in [3.8, 4) is 0 Å². The summed E-state index contributed by atoms with van der Waals surface area (Å²) in [4.78, 5) is 0. The fraction of sp³-hybridized carbons (Fsp3) is 0.538. The molecular formula is C13H20N2O. The highest BCUT2D eigenvalue weighted by Gasteiger charge is 2.20. The first-order valence-electron chi connectivity index (χ1n) is 5.98. The number of anilines is 1. The molecule has 0 aliphatic heterocycles. The first-order valence-corrected chi connectivity index (χ1v) is 5.98. The number of nitrogens with one attached hydrogen (secondary N) is 1. The predicted octanol–water partition coefficient (Wildman–Crippen LogP) is 1.79. The molecule has 2 rings (SSSR count). The molecule has 16 heavy (non-hydrogen) atoms. The molecule has 3 nitrogen and oxygen atoms in total. The quantitative estimate of drug-likeness (QED) is 0.544. The molecule has 1 aromatic rings. The predicted molar refractivity (Wildman–Crippen MR) is 66.1 cm³/mol. The molecule has 0 unspecified atom stereocenters. The minimum absolute atomic E-state index is 0.795. The van der Waals surface area contributed by atoms with Gasteiger partial charge in [-0.3, -0.25) is 0 Å². The fourth-order valence-corrected chi connectivity index (χ4v) is 1.60. The molecular weight excluding hydrogens is 200 g/mol. The lowest BCUT2D eigenvalue weighted by Gasteiger charge is -2.07. The van der Waals surface area contributed by atoms with E-state index in [2.05, 4.69) is 5.32 Å². The first kappa shape index (κ1) is 11.4. The molecule has 0 bridgehead atoms. The average Bonchev–Trinajstić information content (AvgIpc) is 3.09. The number of hydrogen-bond acceptors (Lipinski definition) is 3. The van der Waals surface area contributed by atoms with Crippen LogP contribution in [0.3, 0.4) is 0 Å². The third-order valence-corrected chi connectivity index (χ3v) is 2.84. The SMILES string of the molecule is Nc1ccccc1CNCCOCC1CC1. The number of nitrogen functional groups attached to an aromatic ring is 1. The summed E-state index contributed by atoms with van der Waals surface area (Å²) in [6.45, 7) is 3.44. The van der Waals surface area contributed by atoms with Gasteiger partial charge in [0.05, 0.1) is 6.61 Å². The topological polar surface area (TPSA) is 47.3 Å². The molecule has 0 saturated heterocycles. The summed E-state index contributed by atoms with van der Waals surface area (Å²) in [5.74, 6) is 0.852. The normalized spacial score (nSPS) is 15.2. The minimum Gasteiger partial charge on any atom is -0.398 e. The van der Waals surface area contributed by atoms with Crippen LogP contribution in [0.25, 0.3) is 0 Å². The van der Waals surface area contributed by atoms with E-state index in [0.717, 1.165) is 43.5 Å². The maximum atomic E-state index is 5.84. The maximum Gasteiger partial charge on any atom is 0.0591 e. The van der Waals surface area contributed by atoms with E-state index in [-0.39, 0.29) is 0 Å². The summed E-state index contributed by atoms with van der Waals surface area (Å²) in [6, 6.07) is 7.95. The van der Waals surface area contributed by atoms with Gasteiger partial charge in [0.25, 0.3) is 0 Å². The standard InChI is InChI=1S/C13H20N2O/c14-13-4-2-1-3-12(13)9-15-7-8-16-10-11-5-6-11/h1-4,11,15H,5-10,14H2. The van der Waals surface area contributed by atoms with Gasteiger partial charge in [-0.05, 0) is 30.4 Å². The third kappa shape index (κ3) is 3.83. The number of benzene rings is 1. The Bertz CT molecular complexity index is 323. The number of rotatable bonds is 7. The van der Waals surface area contributed by atoms with Crippen LogP contribution < -0.4 is 11.1 Å². The molecule has 0 atom stereocenters. The van der Waals surface area contributed by atoms with E-state index in [1.54, 1.807) is 0 Å².